The molecule has 0 spiro atoms. The van der Waals surface area contributed by atoms with Crippen LogP contribution in [0.4, 0.5) is 0 Å². The summed E-state index contributed by atoms with van der Waals surface area (Å²) in [4.78, 5) is 0. The van der Waals surface area contributed by atoms with Gasteiger partial charge in [0.25, 0.3) is 0 Å². The molecule has 1 heterocycles. The number of rotatable bonds is 3. The number of hydrogen-bond acceptors (Lipinski definition) is 2. The molecule has 0 radical (unpaired) electrons. The Morgan fingerprint density at radius 3 is 2.54 bits per heavy atom. The minimum absolute atomic E-state index is 0.252. The molecule has 1 aliphatic heterocycles. The Hall–Kier alpha value is -1.38. The molecule has 0 bridgehead atoms. The van der Waals surface area contributed by atoms with Gasteiger partial charge in [-0.1, -0.05) is 49.6 Å². The number of epoxide rings is 1. The van der Waals surface area contributed by atoms with Crippen LogP contribution in [0.2, 0.25) is 0 Å². The first-order chi connectivity index (χ1) is 11.9. The van der Waals surface area contributed by atoms with Gasteiger partial charge in [0.05, 0.1) is 19.3 Å². The third kappa shape index (κ3) is 2.87. The topological polar surface area (TPSA) is 21.8 Å². The Morgan fingerprint density at radius 1 is 1.00 bits per heavy atom. The molecule has 2 aromatic carbocycles. The lowest BCUT2D eigenvalue weighted by Crippen LogP contribution is -2.21. The minimum Gasteiger partial charge on any atom is -0.371 e. The van der Waals surface area contributed by atoms with Gasteiger partial charge in [-0.05, 0) is 59.1 Å². The summed E-state index contributed by atoms with van der Waals surface area (Å²) < 4.78 is 11.8. The van der Waals surface area contributed by atoms with E-state index in [1.807, 2.05) is 0 Å². The summed E-state index contributed by atoms with van der Waals surface area (Å²) in [6.07, 6.45) is 8.63. The van der Waals surface area contributed by atoms with Gasteiger partial charge in [0.15, 0.2) is 0 Å². The lowest BCUT2D eigenvalue weighted by molar-refractivity contribution is 0.0181. The average molecular weight is 322 g/mol. The molecule has 4 atom stereocenters. The zero-order chi connectivity index (χ0) is 15.9. The second-order valence-corrected chi connectivity index (χ2v) is 7.92. The van der Waals surface area contributed by atoms with Crippen molar-refractivity contribution in [2.24, 2.45) is 11.8 Å². The van der Waals surface area contributed by atoms with Crippen molar-refractivity contribution in [2.45, 2.75) is 50.7 Å². The molecule has 1 saturated carbocycles. The fourth-order valence-corrected chi connectivity index (χ4v) is 4.88. The third-order valence-electron chi connectivity index (χ3n) is 6.31. The molecular formula is C22H26O2. The van der Waals surface area contributed by atoms with E-state index in [0.29, 0.717) is 6.10 Å². The van der Waals surface area contributed by atoms with Crippen molar-refractivity contribution in [1.82, 2.24) is 0 Å². The van der Waals surface area contributed by atoms with Gasteiger partial charge >= 0.3 is 0 Å². The second kappa shape index (κ2) is 6.16. The Morgan fingerprint density at radius 2 is 1.75 bits per heavy atom. The first-order valence-electron chi connectivity index (χ1n) is 9.61. The summed E-state index contributed by atoms with van der Waals surface area (Å²) in [6.45, 7) is 1.64. The Balaban J connectivity index is 1.54. The van der Waals surface area contributed by atoms with E-state index < -0.39 is 0 Å². The molecule has 0 N–H and O–H groups in total. The van der Waals surface area contributed by atoms with Crippen molar-refractivity contribution in [1.29, 1.82) is 0 Å². The van der Waals surface area contributed by atoms with E-state index in [4.69, 9.17) is 9.47 Å². The van der Waals surface area contributed by atoms with Crippen LogP contribution in [-0.2, 0) is 15.9 Å². The van der Waals surface area contributed by atoms with Gasteiger partial charge in [-0.3, -0.25) is 0 Å². The Labute approximate surface area is 144 Å². The van der Waals surface area contributed by atoms with Crippen molar-refractivity contribution < 1.29 is 9.47 Å². The second-order valence-electron chi connectivity index (χ2n) is 7.92. The lowest BCUT2D eigenvalue weighted by atomic mass is 9.76. The standard InChI is InChI=1S/C22H26O2/c1-3-7-17-11-21-19(9-15(17)5-1)10-16-6-2-4-8-18(16)12-22(21)24-14-20-13-23-20/h1,3,5,7,9,11,16,18,20,22H,2,4,6,8,10,12-14H2. The monoisotopic (exact) mass is 322 g/mol. The van der Waals surface area contributed by atoms with Crippen molar-refractivity contribution in [3.63, 3.8) is 0 Å². The quantitative estimate of drug-likeness (QED) is 0.738. The fraction of sp³-hybridized carbons (Fsp3) is 0.545. The Bertz CT molecular complexity index is 734. The van der Waals surface area contributed by atoms with E-state index in [0.717, 1.165) is 25.0 Å². The molecular weight excluding hydrogens is 296 g/mol. The highest BCUT2D eigenvalue weighted by Crippen LogP contribution is 2.44. The summed E-state index contributed by atoms with van der Waals surface area (Å²) in [5, 5.41) is 2.71. The van der Waals surface area contributed by atoms with Crippen LogP contribution in [0.3, 0.4) is 0 Å². The maximum absolute atomic E-state index is 6.39. The van der Waals surface area contributed by atoms with Crippen LogP contribution in [0.5, 0.6) is 0 Å². The van der Waals surface area contributed by atoms with E-state index in [2.05, 4.69) is 36.4 Å². The maximum Gasteiger partial charge on any atom is 0.104 e. The number of ether oxygens (including phenoxy) is 2. The van der Waals surface area contributed by atoms with Crippen molar-refractivity contribution >= 4 is 10.8 Å². The fourth-order valence-electron chi connectivity index (χ4n) is 4.88. The molecule has 126 valence electrons. The minimum atomic E-state index is 0.252. The molecule has 0 aromatic heterocycles. The SMILES string of the molecule is c1ccc2cc3c(cc2c1)CC1CCCCC1CC3OCC1CO1. The van der Waals surface area contributed by atoms with Gasteiger partial charge in [0.2, 0.25) is 0 Å². The van der Waals surface area contributed by atoms with Crippen molar-refractivity contribution in [3.8, 4) is 0 Å². The van der Waals surface area contributed by atoms with Crippen molar-refractivity contribution in [2.75, 3.05) is 13.2 Å². The van der Waals surface area contributed by atoms with Crippen molar-refractivity contribution in [3.05, 3.63) is 47.5 Å². The van der Waals surface area contributed by atoms with Gasteiger partial charge in [0, 0.05) is 0 Å². The van der Waals surface area contributed by atoms with E-state index >= 15 is 0 Å². The average Bonchev–Trinajstić information content (AvgIpc) is 3.44. The molecule has 1 saturated heterocycles. The lowest BCUT2D eigenvalue weighted by Gasteiger charge is -2.31. The van der Waals surface area contributed by atoms with E-state index in [1.165, 1.54) is 60.4 Å². The predicted molar refractivity (Wildman–Crippen MR) is 96.2 cm³/mol. The molecule has 4 unspecified atom stereocenters. The zero-order valence-electron chi connectivity index (χ0n) is 14.2. The highest BCUT2D eigenvalue weighted by Gasteiger charge is 2.34. The molecule has 2 fully saturated rings. The van der Waals surface area contributed by atoms with Gasteiger partial charge in [-0.15, -0.1) is 0 Å². The molecule has 2 aliphatic carbocycles. The maximum atomic E-state index is 6.39. The molecule has 2 nitrogen and oxygen atoms in total. The Kier molecular flexibility index (Phi) is 3.83. The molecule has 2 heteroatoms. The van der Waals surface area contributed by atoms with Crippen LogP contribution in [0.1, 0.15) is 49.3 Å². The number of benzene rings is 2. The van der Waals surface area contributed by atoms with Gasteiger partial charge in [-0.2, -0.15) is 0 Å². The van der Waals surface area contributed by atoms with Gasteiger partial charge in [-0.25, -0.2) is 0 Å². The predicted octanol–water partition coefficient (Wildman–Crippen LogP) is 5.05. The van der Waals surface area contributed by atoms with Crippen LogP contribution < -0.4 is 0 Å². The summed E-state index contributed by atoms with van der Waals surface area (Å²) >= 11 is 0. The number of hydrogen-bond donors (Lipinski definition) is 0. The van der Waals surface area contributed by atoms with Crippen LogP contribution in [0, 0.1) is 11.8 Å². The summed E-state index contributed by atoms with van der Waals surface area (Å²) in [5.74, 6) is 1.68. The molecule has 2 aromatic rings. The third-order valence-corrected chi connectivity index (χ3v) is 6.31. The highest BCUT2D eigenvalue weighted by molar-refractivity contribution is 5.84. The van der Waals surface area contributed by atoms with Crippen LogP contribution in [0.25, 0.3) is 10.8 Å². The molecule has 3 aliphatic rings. The normalized spacial score (nSPS) is 32.0. The first-order valence-corrected chi connectivity index (χ1v) is 9.61. The molecule has 0 amide bonds. The van der Waals surface area contributed by atoms with E-state index in [-0.39, 0.29) is 6.10 Å². The first kappa shape index (κ1) is 14.9. The van der Waals surface area contributed by atoms with E-state index in [9.17, 15) is 0 Å². The van der Waals surface area contributed by atoms with Gasteiger partial charge in [0.1, 0.15) is 6.10 Å². The van der Waals surface area contributed by atoms with E-state index in [1.54, 1.807) is 0 Å². The van der Waals surface area contributed by atoms with Crippen LogP contribution >= 0.6 is 0 Å². The van der Waals surface area contributed by atoms with Crippen LogP contribution in [0.15, 0.2) is 36.4 Å². The zero-order valence-corrected chi connectivity index (χ0v) is 14.2. The number of fused-ring (bicyclic) bond motifs is 3. The largest absolute Gasteiger partial charge is 0.371 e. The van der Waals surface area contributed by atoms with Gasteiger partial charge < -0.3 is 9.47 Å². The summed E-state index contributed by atoms with van der Waals surface area (Å²) in [5.41, 5.74) is 2.98. The smallest absolute Gasteiger partial charge is 0.104 e. The summed E-state index contributed by atoms with van der Waals surface area (Å²) in [6, 6.07) is 13.6. The molecule has 24 heavy (non-hydrogen) atoms. The molecule has 5 rings (SSSR count). The highest BCUT2D eigenvalue weighted by atomic mass is 16.6. The summed E-state index contributed by atoms with van der Waals surface area (Å²) in [7, 11) is 0. The van der Waals surface area contributed by atoms with Crippen LogP contribution in [-0.4, -0.2) is 19.3 Å².